The Morgan fingerprint density at radius 3 is 2.24 bits per heavy atom. The number of fused-ring (bicyclic) bond motifs is 3. The molecule has 3 aromatic carbocycles. The van der Waals surface area contributed by atoms with Crippen LogP contribution in [0.1, 0.15) is 48.3 Å². The van der Waals surface area contributed by atoms with Gasteiger partial charge in [-0.15, -0.1) is 0 Å². The second kappa shape index (κ2) is 11.4. The number of alkyl carbamates (subject to hydrolysis) is 1. The van der Waals surface area contributed by atoms with Gasteiger partial charge in [-0.3, -0.25) is 14.5 Å². The predicted molar refractivity (Wildman–Crippen MR) is 154 cm³/mol. The SMILES string of the molecule is O=C(NC1(C(=O)N[C@H]2CCC[C@H]2C(=O)O)CCN(Cc2ccccc2)C1)OCC1c2ccccc2-c2ccccc21. The number of carbonyl (C=O) groups is 3. The van der Waals surface area contributed by atoms with Gasteiger partial charge in [0.25, 0.3) is 0 Å². The first-order valence-corrected chi connectivity index (χ1v) is 14.4. The minimum Gasteiger partial charge on any atom is -0.481 e. The van der Waals surface area contributed by atoms with Crippen molar-refractivity contribution >= 4 is 18.0 Å². The second-order valence-electron chi connectivity index (χ2n) is 11.4. The van der Waals surface area contributed by atoms with Crippen LogP contribution in [0.2, 0.25) is 0 Å². The first-order valence-electron chi connectivity index (χ1n) is 14.4. The molecule has 212 valence electrons. The fourth-order valence-electron chi connectivity index (χ4n) is 6.77. The van der Waals surface area contributed by atoms with Crippen molar-refractivity contribution in [3.05, 3.63) is 95.6 Å². The van der Waals surface area contributed by atoms with E-state index in [9.17, 15) is 19.5 Å². The molecule has 2 fully saturated rings. The van der Waals surface area contributed by atoms with E-state index in [1.165, 1.54) is 0 Å². The fraction of sp³-hybridized carbons (Fsp3) is 0.364. The van der Waals surface area contributed by atoms with Crippen LogP contribution in [-0.2, 0) is 20.9 Å². The number of aliphatic carboxylic acids is 1. The summed E-state index contributed by atoms with van der Waals surface area (Å²) in [5, 5.41) is 15.6. The van der Waals surface area contributed by atoms with Gasteiger partial charge in [0.2, 0.25) is 5.91 Å². The molecule has 6 rings (SSSR count). The molecule has 3 atom stereocenters. The topological polar surface area (TPSA) is 108 Å². The van der Waals surface area contributed by atoms with Crippen molar-refractivity contribution < 1.29 is 24.2 Å². The molecule has 0 spiro atoms. The average molecular weight is 554 g/mol. The highest BCUT2D eigenvalue weighted by molar-refractivity contribution is 5.91. The van der Waals surface area contributed by atoms with Crippen molar-refractivity contribution in [1.29, 1.82) is 0 Å². The zero-order valence-electron chi connectivity index (χ0n) is 22.9. The number of nitrogens with one attached hydrogen (secondary N) is 2. The van der Waals surface area contributed by atoms with Crippen LogP contribution >= 0.6 is 0 Å². The molecule has 1 unspecified atom stereocenters. The van der Waals surface area contributed by atoms with Crippen molar-refractivity contribution in [2.24, 2.45) is 5.92 Å². The van der Waals surface area contributed by atoms with E-state index >= 15 is 0 Å². The number of hydrogen-bond donors (Lipinski definition) is 3. The Morgan fingerprint density at radius 2 is 1.56 bits per heavy atom. The number of benzene rings is 3. The Hall–Kier alpha value is -4.17. The number of nitrogens with zero attached hydrogens (tertiary/aromatic N) is 1. The third kappa shape index (κ3) is 5.44. The zero-order chi connectivity index (χ0) is 28.4. The van der Waals surface area contributed by atoms with Crippen molar-refractivity contribution in [3.63, 3.8) is 0 Å². The first-order chi connectivity index (χ1) is 19.9. The largest absolute Gasteiger partial charge is 0.481 e. The second-order valence-corrected chi connectivity index (χ2v) is 11.4. The van der Waals surface area contributed by atoms with Gasteiger partial charge in [0.15, 0.2) is 0 Å². The molecule has 1 saturated heterocycles. The lowest BCUT2D eigenvalue weighted by molar-refractivity contribution is -0.142. The first kappa shape index (κ1) is 27.0. The highest BCUT2D eigenvalue weighted by atomic mass is 16.5. The minimum atomic E-state index is -1.22. The summed E-state index contributed by atoms with van der Waals surface area (Å²) < 4.78 is 5.82. The molecular weight excluding hydrogens is 518 g/mol. The third-order valence-electron chi connectivity index (χ3n) is 8.87. The number of rotatable bonds is 8. The van der Waals surface area contributed by atoms with Gasteiger partial charge in [-0.05, 0) is 47.1 Å². The molecule has 41 heavy (non-hydrogen) atoms. The fourth-order valence-corrected chi connectivity index (χ4v) is 6.77. The zero-order valence-corrected chi connectivity index (χ0v) is 22.9. The predicted octanol–water partition coefficient (Wildman–Crippen LogP) is 4.54. The van der Waals surface area contributed by atoms with Gasteiger partial charge < -0.3 is 20.5 Å². The number of carboxylic acids is 1. The van der Waals surface area contributed by atoms with Gasteiger partial charge in [0, 0.05) is 31.6 Å². The highest BCUT2D eigenvalue weighted by Gasteiger charge is 2.48. The molecule has 8 nitrogen and oxygen atoms in total. The summed E-state index contributed by atoms with van der Waals surface area (Å²) in [5.74, 6) is -1.96. The van der Waals surface area contributed by atoms with Crippen molar-refractivity contribution in [2.75, 3.05) is 19.7 Å². The summed E-state index contributed by atoms with van der Waals surface area (Å²) in [4.78, 5) is 41.1. The number of likely N-dealkylation sites (tertiary alicyclic amines) is 1. The lowest BCUT2D eigenvalue weighted by Gasteiger charge is -2.31. The van der Waals surface area contributed by atoms with Gasteiger partial charge >= 0.3 is 12.1 Å². The molecule has 3 aliphatic rings. The smallest absolute Gasteiger partial charge is 0.408 e. The highest BCUT2D eigenvalue weighted by Crippen LogP contribution is 2.44. The summed E-state index contributed by atoms with van der Waals surface area (Å²) in [6, 6.07) is 25.8. The Kier molecular flexibility index (Phi) is 7.49. The van der Waals surface area contributed by atoms with Crippen LogP contribution in [0.15, 0.2) is 78.9 Å². The van der Waals surface area contributed by atoms with E-state index in [2.05, 4.69) is 39.8 Å². The maximum absolute atomic E-state index is 13.8. The van der Waals surface area contributed by atoms with E-state index in [0.717, 1.165) is 34.2 Å². The molecule has 2 aliphatic carbocycles. The lowest BCUT2D eigenvalue weighted by Crippen LogP contribution is -2.62. The van der Waals surface area contributed by atoms with Crippen LogP contribution in [-0.4, -0.2) is 59.3 Å². The van der Waals surface area contributed by atoms with Gasteiger partial charge in [-0.1, -0.05) is 85.3 Å². The van der Waals surface area contributed by atoms with Crippen LogP contribution in [0.5, 0.6) is 0 Å². The van der Waals surface area contributed by atoms with Crippen molar-refractivity contribution in [1.82, 2.24) is 15.5 Å². The van der Waals surface area contributed by atoms with Gasteiger partial charge in [-0.2, -0.15) is 0 Å². The molecule has 0 bridgehead atoms. The number of amides is 2. The summed E-state index contributed by atoms with van der Waals surface area (Å²) in [5.41, 5.74) is 4.42. The number of ether oxygens (including phenoxy) is 1. The Bertz CT molecular complexity index is 1400. The molecule has 1 saturated carbocycles. The van der Waals surface area contributed by atoms with Crippen molar-refractivity contribution in [3.8, 4) is 11.1 Å². The van der Waals surface area contributed by atoms with Crippen LogP contribution in [0.25, 0.3) is 11.1 Å². The van der Waals surface area contributed by atoms with Gasteiger partial charge in [0.1, 0.15) is 12.1 Å². The number of hydrogen-bond acceptors (Lipinski definition) is 5. The molecule has 3 N–H and O–H groups in total. The number of carbonyl (C=O) groups excluding carboxylic acids is 2. The van der Waals surface area contributed by atoms with Gasteiger partial charge in [0.05, 0.1) is 5.92 Å². The quantitative estimate of drug-likeness (QED) is 0.378. The van der Waals surface area contributed by atoms with E-state index in [1.54, 1.807) is 0 Å². The average Bonchev–Trinajstić information content (AvgIpc) is 3.69. The lowest BCUT2D eigenvalue weighted by atomic mass is 9.95. The Morgan fingerprint density at radius 1 is 0.902 bits per heavy atom. The van der Waals surface area contributed by atoms with E-state index in [4.69, 9.17) is 4.74 Å². The van der Waals surface area contributed by atoms with Crippen molar-refractivity contribution in [2.45, 2.75) is 49.7 Å². The Balaban J connectivity index is 1.18. The maximum atomic E-state index is 13.8. The maximum Gasteiger partial charge on any atom is 0.408 e. The molecule has 1 heterocycles. The molecule has 8 heteroatoms. The van der Waals surface area contributed by atoms with E-state index in [1.807, 2.05) is 54.6 Å². The summed E-state index contributed by atoms with van der Waals surface area (Å²) in [6.07, 6.45) is 1.64. The van der Waals surface area contributed by atoms with Crippen LogP contribution in [0, 0.1) is 5.92 Å². The van der Waals surface area contributed by atoms with E-state index in [-0.39, 0.29) is 18.4 Å². The molecule has 2 amide bonds. The Labute approximate surface area is 239 Å². The van der Waals surface area contributed by atoms with E-state index in [0.29, 0.717) is 38.9 Å². The van der Waals surface area contributed by atoms with E-state index < -0.39 is 29.6 Å². The van der Waals surface area contributed by atoms with Crippen LogP contribution in [0.4, 0.5) is 4.79 Å². The minimum absolute atomic E-state index is 0.0918. The summed E-state index contributed by atoms with van der Waals surface area (Å²) in [6.45, 7) is 1.71. The molecule has 0 radical (unpaired) electrons. The number of carboxylic acid groups (broad SMARTS) is 1. The molecule has 1 aliphatic heterocycles. The van der Waals surface area contributed by atoms with Crippen LogP contribution < -0.4 is 10.6 Å². The molecule has 3 aromatic rings. The molecule has 0 aromatic heterocycles. The van der Waals surface area contributed by atoms with Gasteiger partial charge in [-0.25, -0.2) is 4.79 Å². The third-order valence-corrected chi connectivity index (χ3v) is 8.87. The van der Waals surface area contributed by atoms with Crippen LogP contribution in [0.3, 0.4) is 0 Å². The summed E-state index contributed by atoms with van der Waals surface area (Å²) in [7, 11) is 0. The standard InChI is InChI=1S/C33H35N3O5/c37-30(38)27-15-8-16-29(27)34-31(39)33(17-18-36(21-33)19-22-9-2-1-3-10-22)35-32(40)41-20-28-25-13-6-4-11-23(25)24-12-5-7-14-26(24)28/h1-7,9-14,27-29H,8,15-21H2,(H,34,39)(H,35,40)(H,37,38)/t27-,29+,33?/m1/s1. The molecular formula is C33H35N3O5. The monoisotopic (exact) mass is 553 g/mol. The summed E-state index contributed by atoms with van der Waals surface area (Å²) >= 11 is 0. The normalized spacial score (nSPS) is 23.5.